The lowest BCUT2D eigenvalue weighted by Crippen LogP contribution is -2.08. The molecule has 0 amide bonds. The molecule has 0 saturated heterocycles. The van der Waals surface area contributed by atoms with Gasteiger partial charge in [-0.25, -0.2) is 4.79 Å². The molecule has 0 N–H and O–H groups in total. The molecule has 0 aliphatic heterocycles. The van der Waals surface area contributed by atoms with Gasteiger partial charge in [0.25, 0.3) is 0 Å². The first-order valence-corrected chi connectivity index (χ1v) is 8.56. The largest absolute Gasteiger partial charge is 0.497 e. The minimum absolute atomic E-state index is 0.304. The molecular formula is C18H13BrN4O3. The van der Waals surface area contributed by atoms with E-state index in [0.717, 1.165) is 21.0 Å². The van der Waals surface area contributed by atoms with E-state index in [9.17, 15) is 4.79 Å². The minimum Gasteiger partial charge on any atom is -0.497 e. The molecule has 0 bridgehead atoms. The average molecular weight is 413 g/mol. The molecule has 4 aromatic rings. The summed E-state index contributed by atoms with van der Waals surface area (Å²) in [5, 5.41) is 13.4. The van der Waals surface area contributed by atoms with Crippen LogP contribution in [0.2, 0.25) is 0 Å². The Labute approximate surface area is 156 Å². The monoisotopic (exact) mass is 412 g/mol. The highest BCUT2D eigenvalue weighted by atomic mass is 79.9. The molecule has 2 aromatic heterocycles. The Morgan fingerprint density at radius 1 is 1.15 bits per heavy atom. The van der Waals surface area contributed by atoms with Gasteiger partial charge in [0, 0.05) is 27.6 Å². The fourth-order valence-electron chi connectivity index (χ4n) is 2.65. The van der Waals surface area contributed by atoms with E-state index in [4.69, 9.17) is 9.15 Å². The van der Waals surface area contributed by atoms with Crippen molar-refractivity contribution in [1.82, 2.24) is 20.2 Å². The van der Waals surface area contributed by atoms with Crippen LogP contribution < -0.4 is 10.4 Å². The van der Waals surface area contributed by atoms with Crippen molar-refractivity contribution in [3.05, 3.63) is 69.0 Å². The minimum atomic E-state index is -0.436. The molecule has 0 spiro atoms. The SMILES string of the molecule is COc1ccc2c(Cn3nnc(-c4ccc(Br)cc4)n3)cc(=O)oc2c1. The molecule has 0 radical (unpaired) electrons. The fourth-order valence-corrected chi connectivity index (χ4v) is 2.91. The molecule has 26 heavy (non-hydrogen) atoms. The topological polar surface area (TPSA) is 83.0 Å². The lowest BCUT2D eigenvalue weighted by atomic mass is 10.1. The van der Waals surface area contributed by atoms with Crippen LogP contribution in [-0.4, -0.2) is 27.3 Å². The van der Waals surface area contributed by atoms with Crippen LogP contribution in [0.1, 0.15) is 5.56 Å². The number of hydrogen-bond donors (Lipinski definition) is 0. The van der Waals surface area contributed by atoms with Crippen molar-refractivity contribution in [3.8, 4) is 17.1 Å². The highest BCUT2D eigenvalue weighted by molar-refractivity contribution is 9.10. The summed E-state index contributed by atoms with van der Waals surface area (Å²) in [6.07, 6.45) is 0. The number of halogens is 1. The summed E-state index contributed by atoms with van der Waals surface area (Å²) in [5.41, 5.74) is 1.63. The van der Waals surface area contributed by atoms with Gasteiger partial charge in [0.1, 0.15) is 11.3 Å². The third kappa shape index (κ3) is 3.23. The molecule has 4 rings (SSSR count). The second-order valence-corrected chi connectivity index (χ2v) is 6.52. The van der Waals surface area contributed by atoms with Crippen LogP contribution in [-0.2, 0) is 6.54 Å². The van der Waals surface area contributed by atoms with Crippen LogP contribution in [0.15, 0.2) is 62.2 Å². The Balaban J connectivity index is 1.69. The van der Waals surface area contributed by atoms with E-state index in [0.29, 0.717) is 23.7 Å². The maximum Gasteiger partial charge on any atom is 0.336 e. The Morgan fingerprint density at radius 2 is 1.96 bits per heavy atom. The van der Waals surface area contributed by atoms with Gasteiger partial charge in [-0.3, -0.25) is 0 Å². The van der Waals surface area contributed by atoms with E-state index >= 15 is 0 Å². The Kier molecular flexibility index (Phi) is 4.26. The summed E-state index contributed by atoms with van der Waals surface area (Å²) in [5.74, 6) is 1.14. The van der Waals surface area contributed by atoms with Crippen molar-refractivity contribution in [2.24, 2.45) is 0 Å². The normalized spacial score (nSPS) is 11.0. The second kappa shape index (κ2) is 6.72. The molecular weight excluding hydrogens is 400 g/mol. The molecule has 0 saturated carbocycles. The van der Waals surface area contributed by atoms with Crippen LogP contribution >= 0.6 is 15.9 Å². The predicted molar refractivity (Wildman–Crippen MR) is 99.1 cm³/mol. The zero-order chi connectivity index (χ0) is 18.1. The van der Waals surface area contributed by atoms with E-state index < -0.39 is 5.63 Å². The van der Waals surface area contributed by atoms with Crippen LogP contribution in [0.4, 0.5) is 0 Å². The summed E-state index contributed by atoms with van der Waals surface area (Å²) >= 11 is 3.40. The van der Waals surface area contributed by atoms with E-state index in [2.05, 4.69) is 31.3 Å². The first kappa shape index (κ1) is 16.5. The van der Waals surface area contributed by atoms with Crippen molar-refractivity contribution in [3.63, 3.8) is 0 Å². The van der Waals surface area contributed by atoms with Crippen molar-refractivity contribution in [1.29, 1.82) is 0 Å². The Hall–Kier alpha value is -3.00. The summed E-state index contributed by atoms with van der Waals surface area (Å²) in [6.45, 7) is 0.304. The first-order chi connectivity index (χ1) is 12.6. The number of fused-ring (bicyclic) bond motifs is 1. The summed E-state index contributed by atoms with van der Waals surface area (Å²) in [7, 11) is 1.56. The zero-order valence-corrected chi connectivity index (χ0v) is 15.3. The zero-order valence-electron chi connectivity index (χ0n) is 13.7. The lowest BCUT2D eigenvalue weighted by Gasteiger charge is -2.06. The van der Waals surface area contributed by atoms with Gasteiger partial charge in [-0.15, -0.1) is 10.2 Å². The van der Waals surface area contributed by atoms with Crippen LogP contribution in [0.3, 0.4) is 0 Å². The van der Waals surface area contributed by atoms with Crippen molar-refractivity contribution >= 4 is 26.9 Å². The second-order valence-electron chi connectivity index (χ2n) is 5.60. The maximum atomic E-state index is 11.9. The third-order valence-electron chi connectivity index (χ3n) is 3.90. The van der Waals surface area contributed by atoms with Crippen molar-refractivity contribution < 1.29 is 9.15 Å². The molecule has 0 aliphatic rings. The number of benzene rings is 2. The standard InChI is InChI=1S/C18H13BrN4O3/c1-25-14-6-7-15-12(8-17(24)26-16(15)9-14)10-23-21-18(20-22-23)11-2-4-13(19)5-3-11/h2-9H,10H2,1H3. The van der Waals surface area contributed by atoms with Gasteiger partial charge in [0.2, 0.25) is 5.82 Å². The molecule has 0 unspecified atom stereocenters. The van der Waals surface area contributed by atoms with Crippen LogP contribution in [0.5, 0.6) is 5.75 Å². The van der Waals surface area contributed by atoms with Crippen molar-refractivity contribution in [2.45, 2.75) is 6.54 Å². The fraction of sp³-hybridized carbons (Fsp3) is 0.111. The van der Waals surface area contributed by atoms with E-state index in [1.807, 2.05) is 36.4 Å². The summed E-state index contributed by atoms with van der Waals surface area (Å²) in [4.78, 5) is 13.3. The van der Waals surface area contributed by atoms with Gasteiger partial charge in [0.05, 0.1) is 13.7 Å². The van der Waals surface area contributed by atoms with Gasteiger partial charge in [-0.1, -0.05) is 15.9 Å². The van der Waals surface area contributed by atoms with E-state index in [1.54, 1.807) is 13.2 Å². The number of nitrogens with zero attached hydrogens (tertiary/aromatic N) is 4. The maximum absolute atomic E-state index is 11.9. The Bertz CT molecular complexity index is 1140. The number of hydrogen-bond acceptors (Lipinski definition) is 6. The summed E-state index contributed by atoms with van der Waals surface area (Å²) in [6, 6.07) is 14.4. The molecule has 0 aliphatic carbocycles. The van der Waals surface area contributed by atoms with Gasteiger partial charge in [0.15, 0.2) is 0 Å². The highest BCUT2D eigenvalue weighted by Crippen LogP contribution is 2.23. The quantitative estimate of drug-likeness (QED) is 0.478. The molecule has 2 heterocycles. The molecule has 0 atom stereocenters. The van der Waals surface area contributed by atoms with Gasteiger partial charge >= 0.3 is 5.63 Å². The average Bonchev–Trinajstić information content (AvgIpc) is 3.10. The number of aromatic nitrogens is 4. The van der Waals surface area contributed by atoms with Crippen LogP contribution in [0, 0.1) is 0 Å². The van der Waals surface area contributed by atoms with Gasteiger partial charge in [-0.05, 0) is 47.2 Å². The predicted octanol–water partition coefficient (Wildman–Crippen LogP) is 3.27. The van der Waals surface area contributed by atoms with E-state index in [1.165, 1.54) is 10.9 Å². The lowest BCUT2D eigenvalue weighted by molar-refractivity contribution is 0.414. The third-order valence-corrected chi connectivity index (χ3v) is 4.43. The summed E-state index contributed by atoms with van der Waals surface area (Å²) < 4.78 is 11.4. The van der Waals surface area contributed by atoms with Crippen molar-refractivity contribution in [2.75, 3.05) is 7.11 Å². The van der Waals surface area contributed by atoms with E-state index in [-0.39, 0.29) is 0 Å². The molecule has 2 aromatic carbocycles. The number of tetrazole rings is 1. The first-order valence-electron chi connectivity index (χ1n) is 7.77. The van der Waals surface area contributed by atoms with Gasteiger partial charge in [-0.2, -0.15) is 4.80 Å². The smallest absolute Gasteiger partial charge is 0.336 e. The van der Waals surface area contributed by atoms with Crippen LogP contribution in [0.25, 0.3) is 22.4 Å². The number of rotatable bonds is 4. The highest BCUT2D eigenvalue weighted by Gasteiger charge is 2.11. The molecule has 8 heteroatoms. The number of methoxy groups -OCH3 is 1. The Morgan fingerprint density at radius 3 is 2.73 bits per heavy atom. The number of ether oxygens (including phenoxy) is 1. The van der Waals surface area contributed by atoms with Gasteiger partial charge < -0.3 is 9.15 Å². The molecule has 130 valence electrons. The molecule has 7 nitrogen and oxygen atoms in total. The molecule has 0 fully saturated rings.